The van der Waals surface area contributed by atoms with Gasteiger partial charge in [-0.05, 0) is 41.0 Å². The van der Waals surface area contributed by atoms with Gasteiger partial charge in [0.15, 0.2) is 5.82 Å². The number of aromatic nitrogens is 4. The van der Waals surface area contributed by atoms with E-state index in [1.54, 1.807) is 7.11 Å². The van der Waals surface area contributed by atoms with Crippen LogP contribution in [0.4, 0.5) is 5.69 Å². The molecule has 20 heavy (non-hydrogen) atoms. The van der Waals surface area contributed by atoms with Crippen LogP contribution in [0.15, 0.2) is 18.2 Å². The molecule has 0 unspecified atom stereocenters. The van der Waals surface area contributed by atoms with Crippen LogP contribution in [0.3, 0.4) is 0 Å². The Hall–Kier alpha value is -2.11. The molecule has 106 valence electrons. The number of hydrogen-bond donors (Lipinski definition) is 1. The van der Waals surface area contributed by atoms with Crippen molar-refractivity contribution in [3.63, 3.8) is 0 Å². The summed E-state index contributed by atoms with van der Waals surface area (Å²) in [5.41, 5.74) is 7.37. The van der Waals surface area contributed by atoms with Crippen LogP contribution in [0.5, 0.6) is 5.75 Å². The number of nitrogens with two attached hydrogens (primary N) is 1. The zero-order chi connectivity index (χ0) is 13.9. The van der Waals surface area contributed by atoms with Crippen LogP contribution in [-0.2, 0) is 6.54 Å². The smallest absolute Gasteiger partial charge is 0.182 e. The zero-order valence-corrected chi connectivity index (χ0v) is 11.6. The van der Waals surface area contributed by atoms with E-state index in [4.69, 9.17) is 10.5 Å². The number of ether oxygens (including phenoxy) is 1. The van der Waals surface area contributed by atoms with Crippen molar-refractivity contribution in [3.05, 3.63) is 18.2 Å². The quantitative estimate of drug-likeness (QED) is 0.844. The maximum absolute atomic E-state index is 5.83. The van der Waals surface area contributed by atoms with E-state index in [0.717, 1.165) is 30.3 Å². The van der Waals surface area contributed by atoms with Crippen molar-refractivity contribution in [2.24, 2.45) is 5.92 Å². The number of tetrazole rings is 1. The first kappa shape index (κ1) is 12.9. The molecule has 6 nitrogen and oxygen atoms in total. The lowest BCUT2D eigenvalue weighted by atomic mass is 9.83. The van der Waals surface area contributed by atoms with E-state index >= 15 is 0 Å². The third-order valence-electron chi connectivity index (χ3n) is 4.00. The Balaban J connectivity index is 1.80. The first-order valence-corrected chi connectivity index (χ1v) is 6.98. The molecule has 1 aliphatic carbocycles. The summed E-state index contributed by atoms with van der Waals surface area (Å²) >= 11 is 0. The highest BCUT2D eigenvalue weighted by Crippen LogP contribution is 2.31. The van der Waals surface area contributed by atoms with E-state index in [9.17, 15) is 0 Å². The van der Waals surface area contributed by atoms with Crippen molar-refractivity contribution in [2.75, 3.05) is 12.8 Å². The van der Waals surface area contributed by atoms with Gasteiger partial charge in [0.2, 0.25) is 0 Å². The average Bonchev–Trinajstić information content (AvgIpc) is 2.86. The second kappa shape index (κ2) is 5.48. The molecule has 2 aromatic rings. The summed E-state index contributed by atoms with van der Waals surface area (Å²) in [6.07, 6.45) is 5.19. The number of rotatable bonds is 5. The molecular formula is C14H19N5O. The van der Waals surface area contributed by atoms with Crippen LogP contribution in [0.1, 0.15) is 25.7 Å². The fourth-order valence-electron chi connectivity index (χ4n) is 2.50. The summed E-state index contributed by atoms with van der Waals surface area (Å²) in [5, 5.41) is 12.0. The van der Waals surface area contributed by atoms with Crippen LogP contribution in [-0.4, -0.2) is 27.3 Å². The van der Waals surface area contributed by atoms with Gasteiger partial charge in [-0.2, -0.15) is 0 Å². The topological polar surface area (TPSA) is 78.9 Å². The minimum Gasteiger partial charge on any atom is -0.495 e. The number of aryl methyl sites for hydroxylation is 1. The molecule has 0 saturated heterocycles. The highest BCUT2D eigenvalue weighted by atomic mass is 16.5. The van der Waals surface area contributed by atoms with Gasteiger partial charge >= 0.3 is 0 Å². The lowest BCUT2D eigenvalue weighted by Crippen LogP contribution is -2.15. The Morgan fingerprint density at radius 1 is 1.40 bits per heavy atom. The van der Waals surface area contributed by atoms with Crippen molar-refractivity contribution in [1.82, 2.24) is 20.2 Å². The number of benzene rings is 1. The molecule has 0 spiro atoms. The number of methoxy groups -OCH3 is 1. The van der Waals surface area contributed by atoms with Crippen LogP contribution >= 0.6 is 0 Å². The zero-order valence-electron chi connectivity index (χ0n) is 11.6. The van der Waals surface area contributed by atoms with Crippen molar-refractivity contribution >= 4 is 5.69 Å². The highest BCUT2D eigenvalue weighted by Gasteiger charge is 2.18. The molecule has 1 saturated carbocycles. The van der Waals surface area contributed by atoms with E-state index < -0.39 is 0 Å². The molecule has 0 radical (unpaired) electrons. The Labute approximate surface area is 117 Å². The third kappa shape index (κ3) is 2.45. The Bertz CT molecular complexity index is 591. The van der Waals surface area contributed by atoms with Gasteiger partial charge in [0.25, 0.3) is 0 Å². The van der Waals surface area contributed by atoms with E-state index in [0.29, 0.717) is 11.4 Å². The van der Waals surface area contributed by atoms with Crippen LogP contribution in [0.2, 0.25) is 0 Å². The minimum atomic E-state index is 0.616. The van der Waals surface area contributed by atoms with Gasteiger partial charge in [-0.15, -0.1) is 5.10 Å². The molecule has 0 aliphatic heterocycles. The van der Waals surface area contributed by atoms with Gasteiger partial charge in [-0.1, -0.05) is 19.3 Å². The van der Waals surface area contributed by atoms with Gasteiger partial charge < -0.3 is 10.5 Å². The van der Waals surface area contributed by atoms with E-state index in [-0.39, 0.29) is 0 Å². The predicted molar refractivity (Wildman–Crippen MR) is 76.2 cm³/mol. The lowest BCUT2D eigenvalue weighted by Gasteiger charge is -2.24. The van der Waals surface area contributed by atoms with Crippen molar-refractivity contribution in [2.45, 2.75) is 32.2 Å². The normalized spacial score (nSPS) is 15.1. The molecule has 6 heteroatoms. The fourth-order valence-corrected chi connectivity index (χ4v) is 2.50. The summed E-state index contributed by atoms with van der Waals surface area (Å²) in [5.74, 6) is 2.26. The van der Waals surface area contributed by atoms with Gasteiger partial charge in [0.1, 0.15) is 5.75 Å². The van der Waals surface area contributed by atoms with Gasteiger partial charge in [-0.25, -0.2) is 4.68 Å². The van der Waals surface area contributed by atoms with E-state index in [1.807, 2.05) is 22.9 Å². The fraction of sp³-hybridized carbons (Fsp3) is 0.500. The SMILES string of the molecule is COc1cc(-c2nnnn2CCC2CCC2)ccc1N. The summed E-state index contributed by atoms with van der Waals surface area (Å²) in [6.45, 7) is 0.861. The summed E-state index contributed by atoms with van der Waals surface area (Å²) in [4.78, 5) is 0. The summed E-state index contributed by atoms with van der Waals surface area (Å²) in [6, 6.07) is 5.61. The van der Waals surface area contributed by atoms with Crippen molar-refractivity contribution < 1.29 is 4.74 Å². The van der Waals surface area contributed by atoms with Crippen molar-refractivity contribution in [3.8, 4) is 17.1 Å². The van der Waals surface area contributed by atoms with Gasteiger partial charge in [-0.3, -0.25) is 0 Å². The van der Waals surface area contributed by atoms with E-state index in [1.165, 1.54) is 19.3 Å². The number of hydrogen-bond acceptors (Lipinski definition) is 5. The largest absolute Gasteiger partial charge is 0.495 e. The van der Waals surface area contributed by atoms with Crippen molar-refractivity contribution in [1.29, 1.82) is 0 Å². The molecule has 0 amide bonds. The summed E-state index contributed by atoms with van der Waals surface area (Å²) in [7, 11) is 1.61. The number of anilines is 1. The van der Waals surface area contributed by atoms with Crippen LogP contribution in [0, 0.1) is 5.92 Å². The van der Waals surface area contributed by atoms with Gasteiger partial charge in [0.05, 0.1) is 12.8 Å². The molecule has 2 N–H and O–H groups in total. The van der Waals surface area contributed by atoms with Crippen LogP contribution < -0.4 is 10.5 Å². The monoisotopic (exact) mass is 273 g/mol. The molecule has 1 aromatic heterocycles. The van der Waals surface area contributed by atoms with Crippen LogP contribution in [0.25, 0.3) is 11.4 Å². The second-order valence-electron chi connectivity index (χ2n) is 5.27. The highest BCUT2D eigenvalue weighted by molar-refractivity contribution is 5.65. The maximum atomic E-state index is 5.83. The Morgan fingerprint density at radius 3 is 2.95 bits per heavy atom. The predicted octanol–water partition coefficient (Wildman–Crippen LogP) is 2.12. The molecule has 1 fully saturated rings. The average molecular weight is 273 g/mol. The molecule has 1 heterocycles. The summed E-state index contributed by atoms with van der Waals surface area (Å²) < 4.78 is 7.11. The lowest BCUT2D eigenvalue weighted by molar-refractivity contribution is 0.277. The number of nitrogen functional groups attached to an aromatic ring is 1. The Morgan fingerprint density at radius 2 is 2.25 bits per heavy atom. The molecular weight excluding hydrogens is 254 g/mol. The molecule has 1 aliphatic rings. The van der Waals surface area contributed by atoms with Gasteiger partial charge in [0, 0.05) is 12.1 Å². The molecule has 0 bridgehead atoms. The molecule has 3 rings (SSSR count). The first-order valence-electron chi connectivity index (χ1n) is 6.98. The van der Waals surface area contributed by atoms with E-state index in [2.05, 4.69) is 15.5 Å². The third-order valence-corrected chi connectivity index (χ3v) is 4.00. The molecule has 0 atom stereocenters. The first-order chi connectivity index (χ1) is 9.78. The second-order valence-corrected chi connectivity index (χ2v) is 5.27. The Kier molecular flexibility index (Phi) is 3.54. The standard InChI is InChI=1S/C14H19N5O/c1-20-13-9-11(5-6-12(13)15)14-16-17-18-19(14)8-7-10-3-2-4-10/h5-6,9-10H,2-4,7-8,15H2,1H3. The molecule has 1 aromatic carbocycles. The maximum Gasteiger partial charge on any atom is 0.182 e. The number of nitrogens with zero attached hydrogens (tertiary/aromatic N) is 4. The minimum absolute atomic E-state index is 0.616.